The summed E-state index contributed by atoms with van der Waals surface area (Å²) in [5, 5.41) is 3.01. The van der Waals surface area contributed by atoms with Gasteiger partial charge in [-0.1, -0.05) is 27.7 Å². The highest BCUT2D eigenvalue weighted by Gasteiger charge is 2.21. The molecule has 1 aromatic heterocycles. The van der Waals surface area contributed by atoms with Crippen molar-refractivity contribution in [1.82, 2.24) is 9.88 Å². The van der Waals surface area contributed by atoms with E-state index in [0.29, 0.717) is 18.2 Å². The fourth-order valence-electron chi connectivity index (χ4n) is 1.57. The summed E-state index contributed by atoms with van der Waals surface area (Å²) < 4.78 is 2.89. The second-order valence-electron chi connectivity index (χ2n) is 5.81. The number of hydrogen-bond donors (Lipinski definition) is 1. The number of amides is 1. The number of carbonyl (C=O) groups is 1. The molecule has 0 radical (unpaired) electrons. The third-order valence-electron chi connectivity index (χ3n) is 3.48. The van der Waals surface area contributed by atoms with Crippen LogP contribution in [0.1, 0.15) is 45.1 Å². The topological polar surface area (TPSA) is 34.0 Å². The van der Waals surface area contributed by atoms with E-state index in [-0.39, 0.29) is 11.3 Å². The van der Waals surface area contributed by atoms with Crippen molar-refractivity contribution in [1.29, 1.82) is 0 Å². The molecule has 0 aromatic carbocycles. The summed E-state index contributed by atoms with van der Waals surface area (Å²) >= 11 is 3.40. The molecule has 0 saturated carbocycles. The third-order valence-corrected chi connectivity index (χ3v) is 3.92. The number of nitrogens with zero attached hydrogens (tertiary/aromatic N) is 1. The second-order valence-corrected chi connectivity index (χ2v) is 6.72. The van der Waals surface area contributed by atoms with Crippen molar-refractivity contribution in [3.8, 4) is 0 Å². The molecule has 0 aliphatic carbocycles. The summed E-state index contributed by atoms with van der Waals surface area (Å²) in [6, 6.07) is 1.86. The number of rotatable bonds is 4. The van der Waals surface area contributed by atoms with Crippen molar-refractivity contribution in [2.24, 2.45) is 11.3 Å². The standard InChI is InChI=1S/C14H23BrN2O/c1-6-17-9-11(15)7-12(17)13(18)16-8-10(2)14(3,4)5/h7,9-10H,6,8H2,1-5H3,(H,16,18). The molecule has 1 amide bonds. The van der Waals surface area contributed by atoms with Crippen LogP contribution >= 0.6 is 15.9 Å². The minimum absolute atomic E-state index is 0.00125. The van der Waals surface area contributed by atoms with Crippen molar-refractivity contribution in [3.63, 3.8) is 0 Å². The van der Waals surface area contributed by atoms with Crippen molar-refractivity contribution in [3.05, 3.63) is 22.4 Å². The van der Waals surface area contributed by atoms with Gasteiger partial charge in [0, 0.05) is 23.8 Å². The van der Waals surface area contributed by atoms with E-state index < -0.39 is 0 Å². The van der Waals surface area contributed by atoms with Crippen molar-refractivity contribution < 1.29 is 4.79 Å². The molecule has 0 aliphatic rings. The number of hydrogen-bond acceptors (Lipinski definition) is 1. The minimum Gasteiger partial charge on any atom is -0.350 e. The lowest BCUT2D eigenvalue weighted by atomic mass is 9.82. The van der Waals surface area contributed by atoms with Crippen LogP contribution in [0.25, 0.3) is 0 Å². The maximum absolute atomic E-state index is 12.1. The van der Waals surface area contributed by atoms with Gasteiger partial charge in [0.25, 0.3) is 5.91 Å². The van der Waals surface area contributed by atoms with E-state index in [2.05, 4.69) is 48.9 Å². The number of aryl methyl sites for hydroxylation is 1. The highest BCUT2D eigenvalue weighted by Crippen LogP contribution is 2.24. The highest BCUT2D eigenvalue weighted by molar-refractivity contribution is 9.10. The molecule has 1 heterocycles. The lowest BCUT2D eigenvalue weighted by Crippen LogP contribution is -2.34. The highest BCUT2D eigenvalue weighted by atomic mass is 79.9. The summed E-state index contributed by atoms with van der Waals surface area (Å²) in [6.07, 6.45) is 1.93. The molecule has 1 N–H and O–H groups in total. The largest absolute Gasteiger partial charge is 0.350 e. The van der Waals surface area contributed by atoms with Gasteiger partial charge in [0.15, 0.2) is 0 Å². The molecular formula is C14H23BrN2O. The van der Waals surface area contributed by atoms with Crippen LogP contribution in [0.15, 0.2) is 16.7 Å². The Labute approximate surface area is 118 Å². The molecule has 1 aromatic rings. The summed E-state index contributed by atoms with van der Waals surface area (Å²) in [6.45, 7) is 12.3. The Bertz CT molecular complexity index is 418. The van der Waals surface area contributed by atoms with Gasteiger partial charge in [0.05, 0.1) is 0 Å². The van der Waals surface area contributed by atoms with Gasteiger partial charge >= 0.3 is 0 Å². The second kappa shape index (κ2) is 5.91. The normalized spacial score (nSPS) is 13.4. The van der Waals surface area contributed by atoms with Gasteiger partial charge in [0.1, 0.15) is 5.69 Å². The lowest BCUT2D eigenvalue weighted by Gasteiger charge is -2.27. The molecule has 0 bridgehead atoms. The predicted octanol–water partition coefficient (Wildman–Crippen LogP) is 3.68. The van der Waals surface area contributed by atoms with Crippen LogP contribution in [0.3, 0.4) is 0 Å². The van der Waals surface area contributed by atoms with E-state index in [9.17, 15) is 4.79 Å². The van der Waals surface area contributed by atoms with Crippen LogP contribution in [0.5, 0.6) is 0 Å². The van der Waals surface area contributed by atoms with Crippen LogP contribution in [-0.2, 0) is 6.54 Å². The van der Waals surface area contributed by atoms with Crippen molar-refractivity contribution >= 4 is 21.8 Å². The quantitative estimate of drug-likeness (QED) is 0.903. The Morgan fingerprint density at radius 3 is 2.61 bits per heavy atom. The molecule has 0 fully saturated rings. The summed E-state index contributed by atoms with van der Waals surface area (Å²) in [5.41, 5.74) is 0.922. The van der Waals surface area contributed by atoms with Gasteiger partial charge in [-0.25, -0.2) is 0 Å². The maximum Gasteiger partial charge on any atom is 0.267 e. The number of carbonyl (C=O) groups excluding carboxylic acids is 1. The molecule has 18 heavy (non-hydrogen) atoms. The van der Waals surface area contributed by atoms with Crippen LogP contribution < -0.4 is 5.32 Å². The smallest absolute Gasteiger partial charge is 0.267 e. The molecule has 1 unspecified atom stereocenters. The van der Waals surface area contributed by atoms with Crippen LogP contribution in [0, 0.1) is 11.3 Å². The van der Waals surface area contributed by atoms with Gasteiger partial charge in [-0.15, -0.1) is 0 Å². The molecule has 1 atom stereocenters. The Morgan fingerprint density at radius 2 is 2.11 bits per heavy atom. The zero-order chi connectivity index (χ0) is 13.9. The molecule has 0 spiro atoms. The first-order chi connectivity index (χ1) is 8.25. The van der Waals surface area contributed by atoms with E-state index in [1.165, 1.54) is 0 Å². The van der Waals surface area contributed by atoms with Crippen LogP contribution in [-0.4, -0.2) is 17.0 Å². The van der Waals surface area contributed by atoms with Gasteiger partial charge in [-0.2, -0.15) is 0 Å². The third kappa shape index (κ3) is 3.87. The van der Waals surface area contributed by atoms with Crippen LogP contribution in [0.4, 0.5) is 0 Å². The Balaban J connectivity index is 2.66. The summed E-state index contributed by atoms with van der Waals surface area (Å²) in [7, 11) is 0. The van der Waals surface area contributed by atoms with E-state index in [1.807, 2.05) is 23.8 Å². The summed E-state index contributed by atoms with van der Waals surface area (Å²) in [4.78, 5) is 12.1. The van der Waals surface area contributed by atoms with Crippen molar-refractivity contribution in [2.45, 2.75) is 41.2 Å². The van der Waals surface area contributed by atoms with E-state index >= 15 is 0 Å². The number of aromatic nitrogens is 1. The minimum atomic E-state index is -0.00125. The average Bonchev–Trinajstić information content (AvgIpc) is 2.65. The van der Waals surface area contributed by atoms with Crippen molar-refractivity contribution in [2.75, 3.05) is 6.54 Å². The number of halogens is 1. The molecular weight excluding hydrogens is 292 g/mol. The van der Waals surface area contributed by atoms with E-state index in [1.54, 1.807) is 0 Å². The zero-order valence-corrected chi connectivity index (χ0v) is 13.5. The lowest BCUT2D eigenvalue weighted by molar-refractivity contribution is 0.0928. The number of nitrogens with one attached hydrogen (secondary N) is 1. The van der Waals surface area contributed by atoms with E-state index in [4.69, 9.17) is 0 Å². The molecule has 4 heteroatoms. The van der Waals surface area contributed by atoms with Gasteiger partial charge < -0.3 is 9.88 Å². The Morgan fingerprint density at radius 1 is 1.50 bits per heavy atom. The van der Waals surface area contributed by atoms with Gasteiger partial charge in [-0.05, 0) is 40.3 Å². The van der Waals surface area contributed by atoms with E-state index in [0.717, 1.165) is 11.0 Å². The molecule has 1 rings (SSSR count). The molecule has 102 valence electrons. The Hall–Kier alpha value is -0.770. The first kappa shape index (κ1) is 15.3. The maximum atomic E-state index is 12.1. The molecule has 0 aliphatic heterocycles. The zero-order valence-electron chi connectivity index (χ0n) is 11.9. The first-order valence-corrected chi connectivity index (χ1v) is 7.19. The van der Waals surface area contributed by atoms with Gasteiger partial charge in [-0.3, -0.25) is 4.79 Å². The Kier molecular flexibility index (Phi) is 5.02. The predicted molar refractivity (Wildman–Crippen MR) is 78.8 cm³/mol. The molecule has 3 nitrogen and oxygen atoms in total. The fourth-order valence-corrected chi connectivity index (χ4v) is 2.03. The van der Waals surface area contributed by atoms with Gasteiger partial charge in [0.2, 0.25) is 0 Å². The fraction of sp³-hybridized carbons (Fsp3) is 0.643. The first-order valence-electron chi connectivity index (χ1n) is 6.39. The van der Waals surface area contributed by atoms with Crippen LogP contribution in [0.2, 0.25) is 0 Å². The monoisotopic (exact) mass is 314 g/mol. The molecule has 0 saturated heterocycles. The average molecular weight is 315 g/mol. The summed E-state index contributed by atoms with van der Waals surface area (Å²) in [5.74, 6) is 0.438. The SMILES string of the molecule is CCn1cc(Br)cc1C(=O)NCC(C)C(C)(C)C.